The molecule has 7 nitrogen and oxygen atoms in total. The van der Waals surface area contributed by atoms with E-state index >= 15 is 0 Å². The summed E-state index contributed by atoms with van der Waals surface area (Å²) in [5, 5.41) is 2.84. The highest BCUT2D eigenvalue weighted by Crippen LogP contribution is 2.35. The number of sulfonamides is 1. The molecule has 0 spiro atoms. The van der Waals surface area contributed by atoms with E-state index < -0.39 is 16.1 Å². The van der Waals surface area contributed by atoms with Gasteiger partial charge in [-0.3, -0.25) is 9.10 Å². The van der Waals surface area contributed by atoms with Gasteiger partial charge in [-0.15, -0.1) is 0 Å². The van der Waals surface area contributed by atoms with Gasteiger partial charge in [0, 0.05) is 18.7 Å². The van der Waals surface area contributed by atoms with Gasteiger partial charge in [-0.05, 0) is 61.0 Å². The molecular weight excluding hydrogens is 428 g/mol. The lowest BCUT2D eigenvalue weighted by atomic mass is 10.2. The first-order chi connectivity index (χ1) is 15.3. The number of anilines is 2. The SMILES string of the molecule is Cc1ccc2c(c1)N(S(C)(=O)=O)CC[C@@H](C(=O)Nc1ccc(Oc3ccccc3)cc1)O2. The molecule has 0 unspecified atom stereocenters. The fourth-order valence-electron chi connectivity index (χ4n) is 3.47. The number of carbonyl (C=O) groups is 1. The zero-order valence-corrected chi connectivity index (χ0v) is 18.6. The Bertz CT molecular complexity index is 1210. The number of benzene rings is 3. The molecule has 0 aliphatic carbocycles. The molecule has 1 N–H and O–H groups in total. The molecular formula is C24H24N2O5S. The summed E-state index contributed by atoms with van der Waals surface area (Å²) in [6.45, 7) is 2.03. The number of aryl methyl sites for hydroxylation is 1. The van der Waals surface area contributed by atoms with Gasteiger partial charge in [0.05, 0.1) is 11.9 Å². The smallest absolute Gasteiger partial charge is 0.265 e. The van der Waals surface area contributed by atoms with Crippen LogP contribution in [0.1, 0.15) is 12.0 Å². The Morgan fingerprint density at radius 3 is 2.41 bits per heavy atom. The fraction of sp³-hybridized carbons (Fsp3) is 0.208. The van der Waals surface area contributed by atoms with Crippen LogP contribution in [0.15, 0.2) is 72.8 Å². The van der Waals surface area contributed by atoms with Crippen molar-refractivity contribution in [2.45, 2.75) is 19.4 Å². The second-order valence-corrected chi connectivity index (χ2v) is 9.54. The first-order valence-electron chi connectivity index (χ1n) is 10.2. The van der Waals surface area contributed by atoms with Gasteiger partial charge in [0.2, 0.25) is 10.0 Å². The van der Waals surface area contributed by atoms with E-state index in [4.69, 9.17) is 9.47 Å². The number of para-hydroxylation sites is 1. The molecule has 0 fully saturated rings. The van der Waals surface area contributed by atoms with Crippen molar-refractivity contribution in [2.24, 2.45) is 0 Å². The molecule has 8 heteroatoms. The molecule has 1 heterocycles. The number of ether oxygens (including phenoxy) is 2. The minimum absolute atomic E-state index is 0.150. The number of amides is 1. The van der Waals surface area contributed by atoms with Crippen LogP contribution in [0.25, 0.3) is 0 Å². The van der Waals surface area contributed by atoms with E-state index in [1.807, 2.05) is 43.3 Å². The minimum Gasteiger partial charge on any atom is -0.478 e. The predicted molar refractivity (Wildman–Crippen MR) is 124 cm³/mol. The van der Waals surface area contributed by atoms with Crippen LogP contribution in [0, 0.1) is 6.92 Å². The molecule has 1 aliphatic heterocycles. The van der Waals surface area contributed by atoms with Gasteiger partial charge in [-0.25, -0.2) is 8.42 Å². The molecule has 32 heavy (non-hydrogen) atoms. The van der Waals surface area contributed by atoms with E-state index in [-0.39, 0.29) is 18.9 Å². The number of fused-ring (bicyclic) bond motifs is 1. The Balaban J connectivity index is 1.47. The molecule has 1 atom stereocenters. The van der Waals surface area contributed by atoms with E-state index in [2.05, 4.69) is 5.32 Å². The van der Waals surface area contributed by atoms with E-state index in [0.717, 1.165) is 17.6 Å². The largest absolute Gasteiger partial charge is 0.478 e. The Labute approximate surface area is 187 Å². The number of rotatable bonds is 5. The number of carbonyl (C=O) groups excluding carboxylic acids is 1. The van der Waals surface area contributed by atoms with Crippen molar-refractivity contribution in [3.63, 3.8) is 0 Å². The molecule has 0 aromatic heterocycles. The summed E-state index contributed by atoms with van der Waals surface area (Å²) >= 11 is 0. The van der Waals surface area contributed by atoms with E-state index in [1.165, 1.54) is 4.31 Å². The van der Waals surface area contributed by atoms with Crippen LogP contribution in [0.5, 0.6) is 17.2 Å². The maximum absolute atomic E-state index is 12.9. The fourth-order valence-corrected chi connectivity index (χ4v) is 4.41. The van der Waals surface area contributed by atoms with Crippen molar-refractivity contribution in [3.05, 3.63) is 78.4 Å². The third-order valence-corrected chi connectivity index (χ3v) is 6.22. The van der Waals surface area contributed by atoms with Crippen LogP contribution >= 0.6 is 0 Å². The van der Waals surface area contributed by atoms with Crippen LogP contribution in [-0.2, 0) is 14.8 Å². The third-order valence-electron chi connectivity index (χ3n) is 5.04. The van der Waals surface area contributed by atoms with Crippen molar-refractivity contribution >= 4 is 27.3 Å². The third kappa shape index (κ3) is 5.03. The molecule has 166 valence electrons. The van der Waals surface area contributed by atoms with Crippen molar-refractivity contribution < 1.29 is 22.7 Å². The minimum atomic E-state index is -3.51. The molecule has 1 amide bonds. The highest BCUT2D eigenvalue weighted by molar-refractivity contribution is 7.92. The summed E-state index contributed by atoms with van der Waals surface area (Å²) in [7, 11) is -3.51. The zero-order valence-electron chi connectivity index (χ0n) is 17.8. The standard InChI is InChI=1S/C24H24N2O5S/c1-17-8-13-22-21(16-17)26(32(2,28)29)15-14-23(31-22)24(27)25-18-9-11-20(12-10-18)30-19-6-4-3-5-7-19/h3-13,16,23H,14-15H2,1-2H3,(H,25,27)/t23-/m0/s1. The van der Waals surface area contributed by atoms with Gasteiger partial charge in [0.15, 0.2) is 6.10 Å². The molecule has 0 saturated carbocycles. The summed E-state index contributed by atoms with van der Waals surface area (Å²) in [6, 6.07) is 21.7. The lowest BCUT2D eigenvalue weighted by Crippen LogP contribution is -2.35. The maximum atomic E-state index is 12.9. The summed E-state index contributed by atoms with van der Waals surface area (Å²) in [6.07, 6.45) is 0.545. The number of hydrogen-bond donors (Lipinski definition) is 1. The van der Waals surface area contributed by atoms with Crippen molar-refractivity contribution in [2.75, 3.05) is 22.4 Å². The van der Waals surface area contributed by atoms with Gasteiger partial charge in [-0.1, -0.05) is 24.3 Å². The molecule has 4 rings (SSSR count). The Morgan fingerprint density at radius 2 is 1.72 bits per heavy atom. The molecule has 0 bridgehead atoms. The normalized spacial score (nSPS) is 15.8. The Hall–Kier alpha value is -3.52. The summed E-state index contributed by atoms with van der Waals surface area (Å²) < 4.78 is 37.6. The maximum Gasteiger partial charge on any atom is 0.265 e. The van der Waals surface area contributed by atoms with E-state index in [0.29, 0.717) is 22.9 Å². The topological polar surface area (TPSA) is 84.9 Å². The van der Waals surface area contributed by atoms with Crippen LogP contribution < -0.4 is 19.1 Å². The monoisotopic (exact) mass is 452 g/mol. The first kappa shape index (κ1) is 21.7. The number of hydrogen-bond acceptors (Lipinski definition) is 5. The first-order valence-corrected chi connectivity index (χ1v) is 12.0. The molecule has 0 saturated heterocycles. The second-order valence-electron chi connectivity index (χ2n) is 7.63. The summed E-state index contributed by atoms with van der Waals surface area (Å²) in [5.41, 5.74) is 1.94. The quantitative estimate of drug-likeness (QED) is 0.622. The lowest BCUT2D eigenvalue weighted by molar-refractivity contribution is -0.122. The van der Waals surface area contributed by atoms with Gasteiger partial charge in [-0.2, -0.15) is 0 Å². The van der Waals surface area contributed by atoms with E-state index in [9.17, 15) is 13.2 Å². The molecule has 3 aromatic carbocycles. The van der Waals surface area contributed by atoms with Crippen molar-refractivity contribution in [1.29, 1.82) is 0 Å². The lowest BCUT2D eigenvalue weighted by Gasteiger charge is -2.21. The van der Waals surface area contributed by atoms with Crippen LogP contribution in [0.4, 0.5) is 11.4 Å². The average Bonchev–Trinajstić information content (AvgIpc) is 2.95. The Morgan fingerprint density at radius 1 is 1.03 bits per heavy atom. The van der Waals surface area contributed by atoms with Crippen LogP contribution in [0.3, 0.4) is 0 Å². The van der Waals surface area contributed by atoms with Crippen molar-refractivity contribution in [3.8, 4) is 17.2 Å². The molecule has 1 aliphatic rings. The number of nitrogens with zero attached hydrogens (tertiary/aromatic N) is 1. The predicted octanol–water partition coefficient (Wildman–Crippen LogP) is 4.34. The Kier molecular flexibility index (Phi) is 6.05. The summed E-state index contributed by atoms with van der Waals surface area (Å²) in [4.78, 5) is 12.9. The second kappa shape index (κ2) is 8.92. The summed E-state index contributed by atoms with van der Waals surface area (Å²) in [5.74, 6) is 1.39. The molecule has 0 radical (unpaired) electrons. The average molecular weight is 453 g/mol. The van der Waals surface area contributed by atoms with Crippen LogP contribution in [0.2, 0.25) is 0 Å². The highest BCUT2D eigenvalue weighted by Gasteiger charge is 2.31. The van der Waals surface area contributed by atoms with Gasteiger partial charge >= 0.3 is 0 Å². The van der Waals surface area contributed by atoms with Gasteiger partial charge < -0.3 is 14.8 Å². The van der Waals surface area contributed by atoms with E-state index in [1.54, 1.807) is 36.4 Å². The molecule has 3 aromatic rings. The van der Waals surface area contributed by atoms with Gasteiger partial charge in [0.25, 0.3) is 5.91 Å². The van der Waals surface area contributed by atoms with Gasteiger partial charge in [0.1, 0.15) is 17.2 Å². The number of nitrogens with one attached hydrogen (secondary N) is 1. The van der Waals surface area contributed by atoms with Crippen molar-refractivity contribution in [1.82, 2.24) is 0 Å². The zero-order chi connectivity index (χ0) is 22.7. The van der Waals surface area contributed by atoms with Crippen LogP contribution in [-0.4, -0.2) is 33.2 Å². The highest BCUT2D eigenvalue weighted by atomic mass is 32.2.